The van der Waals surface area contributed by atoms with Crippen molar-refractivity contribution in [3.05, 3.63) is 71.3 Å². The van der Waals surface area contributed by atoms with Crippen LogP contribution in [0, 0.1) is 0 Å². The second kappa shape index (κ2) is 10.8. The van der Waals surface area contributed by atoms with Gasteiger partial charge in [-0.05, 0) is 51.6 Å². The quantitative estimate of drug-likeness (QED) is 0.698. The molecule has 1 atom stereocenters. The van der Waals surface area contributed by atoms with Crippen molar-refractivity contribution in [1.82, 2.24) is 15.5 Å². The normalized spacial score (nSPS) is 12.3. The van der Waals surface area contributed by atoms with Crippen molar-refractivity contribution in [2.75, 3.05) is 14.1 Å². The summed E-state index contributed by atoms with van der Waals surface area (Å²) < 4.78 is 5.35. The summed E-state index contributed by atoms with van der Waals surface area (Å²) in [7, 11) is 4.02. The molecule has 2 N–H and O–H groups in total. The molecule has 0 aliphatic carbocycles. The molecule has 0 aromatic heterocycles. The number of benzene rings is 2. The minimum atomic E-state index is -0.733. The highest BCUT2D eigenvalue weighted by molar-refractivity contribution is 5.86. The average molecular weight is 412 g/mol. The molecule has 30 heavy (non-hydrogen) atoms. The van der Waals surface area contributed by atoms with Crippen molar-refractivity contribution in [2.24, 2.45) is 0 Å². The zero-order valence-corrected chi connectivity index (χ0v) is 18.6. The van der Waals surface area contributed by atoms with Crippen molar-refractivity contribution < 1.29 is 14.3 Å². The number of ether oxygens (including phenoxy) is 1. The first kappa shape index (κ1) is 23.4. The first-order valence-corrected chi connectivity index (χ1v) is 10.2. The van der Waals surface area contributed by atoms with Gasteiger partial charge in [0, 0.05) is 19.5 Å². The van der Waals surface area contributed by atoms with Crippen molar-refractivity contribution in [3.63, 3.8) is 0 Å². The molecule has 0 aliphatic heterocycles. The molecule has 162 valence electrons. The predicted octanol–water partition coefficient (Wildman–Crippen LogP) is 3.50. The molecule has 0 heterocycles. The fourth-order valence-corrected chi connectivity index (χ4v) is 3.04. The lowest BCUT2D eigenvalue weighted by Crippen LogP contribution is -2.49. The predicted molar refractivity (Wildman–Crippen MR) is 119 cm³/mol. The summed E-state index contributed by atoms with van der Waals surface area (Å²) >= 11 is 0. The maximum atomic E-state index is 13.0. The van der Waals surface area contributed by atoms with E-state index in [-0.39, 0.29) is 5.91 Å². The molecule has 1 unspecified atom stereocenters. The van der Waals surface area contributed by atoms with E-state index >= 15 is 0 Å². The van der Waals surface area contributed by atoms with Gasteiger partial charge in [0.05, 0.1) is 0 Å². The number of alkyl carbamates (subject to hydrolysis) is 1. The third-order valence-electron chi connectivity index (χ3n) is 4.35. The van der Waals surface area contributed by atoms with Gasteiger partial charge in [0.15, 0.2) is 0 Å². The standard InChI is InChI=1S/C24H33N3O3/c1-24(2,3)30-23(29)26-21(15-18-11-7-6-8-12-18)22(28)25-16-19-13-9-10-14-20(19)17-27(4)5/h6-14,21H,15-17H2,1-5H3,(H,25,28)(H,26,29). The number of nitrogens with zero attached hydrogens (tertiary/aromatic N) is 1. The highest BCUT2D eigenvalue weighted by atomic mass is 16.6. The lowest BCUT2D eigenvalue weighted by Gasteiger charge is -2.23. The van der Waals surface area contributed by atoms with Crippen LogP contribution in [0.15, 0.2) is 54.6 Å². The maximum Gasteiger partial charge on any atom is 0.408 e. The number of carbonyl (C=O) groups is 2. The third kappa shape index (κ3) is 8.25. The van der Waals surface area contributed by atoms with Gasteiger partial charge in [-0.1, -0.05) is 54.6 Å². The molecular weight excluding hydrogens is 378 g/mol. The summed E-state index contributed by atoms with van der Waals surface area (Å²) in [5.41, 5.74) is 2.53. The lowest BCUT2D eigenvalue weighted by molar-refractivity contribution is -0.123. The van der Waals surface area contributed by atoms with Gasteiger partial charge in [-0.3, -0.25) is 4.79 Å². The van der Waals surface area contributed by atoms with Crippen LogP contribution in [0.3, 0.4) is 0 Å². The van der Waals surface area contributed by atoms with Crippen LogP contribution in [-0.2, 0) is 29.0 Å². The lowest BCUT2D eigenvalue weighted by atomic mass is 10.0. The molecule has 0 fully saturated rings. The number of nitrogens with one attached hydrogen (secondary N) is 2. The van der Waals surface area contributed by atoms with Crippen LogP contribution >= 0.6 is 0 Å². The number of hydrogen-bond acceptors (Lipinski definition) is 4. The van der Waals surface area contributed by atoms with Crippen molar-refractivity contribution in [1.29, 1.82) is 0 Å². The van der Waals surface area contributed by atoms with E-state index in [2.05, 4.69) is 21.6 Å². The van der Waals surface area contributed by atoms with E-state index in [1.807, 2.05) is 62.6 Å². The SMILES string of the molecule is CN(C)Cc1ccccc1CNC(=O)C(Cc1ccccc1)NC(=O)OC(C)(C)C. The van der Waals surface area contributed by atoms with Crippen LogP contribution in [0.2, 0.25) is 0 Å². The Balaban J connectivity index is 2.09. The molecule has 0 bridgehead atoms. The molecule has 2 aromatic carbocycles. The molecule has 2 aromatic rings. The van der Waals surface area contributed by atoms with E-state index in [1.165, 1.54) is 0 Å². The number of hydrogen-bond donors (Lipinski definition) is 2. The van der Waals surface area contributed by atoms with E-state index in [1.54, 1.807) is 20.8 Å². The van der Waals surface area contributed by atoms with Gasteiger partial charge in [0.2, 0.25) is 5.91 Å². The highest BCUT2D eigenvalue weighted by Gasteiger charge is 2.24. The molecule has 2 amide bonds. The third-order valence-corrected chi connectivity index (χ3v) is 4.35. The summed E-state index contributed by atoms with van der Waals surface area (Å²) in [4.78, 5) is 27.3. The molecule has 0 spiro atoms. The minimum Gasteiger partial charge on any atom is -0.444 e. The Labute approximate surface area is 179 Å². The molecule has 0 radical (unpaired) electrons. The maximum absolute atomic E-state index is 13.0. The van der Waals surface area contributed by atoms with Gasteiger partial charge in [-0.2, -0.15) is 0 Å². The fourth-order valence-electron chi connectivity index (χ4n) is 3.04. The van der Waals surface area contributed by atoms with Gasteiger partial charge in [0.1, 0.15) is 11.6 Å². The number of carbonyl (C=O) groups excluding carboxylic acids is 2. The molecule has 6 heteroatoms. The van der Waals surface area contributed by atoms with Gasteiger partial charge in [0.25, 0.3) is 0 Å². The van der Waals surface area contributed by atoms with E-state index in [0.29, 0.717) is 13.0 Å². The monoisotopic (exact) mass is 411 g/mol. The topological polar surface area (TPSA) is 70.7 Å². The zero-order chi connectivity index (χ0) is 22.1. The summed E-state index contributed by atoms with van der Waals surface area (Å²) in [6.45, 7) is 6.56. The smallest absolute Gasteiger partial charge is 0.408 e. The molecule has 0 saturated carbocycles. The zero-order valence-electron chi connectivity index (χ0n) is 18.6. The highest BCUT2D eigenvalue weighted by Crippen LogP contribution is 2.12. The fraction of sp³-hybridized carbons (Fsp3) is 0.417. The Morgan fingerprint density at radius 1 is 0.967 bits per heavy atom. The minimum absolute atomic E-state index is 0.246. The Morgan fingerprint density at radius 3 is 2.17 bits per heavy atom. The number of rotatable bonds is 8. The van der Waals surface area contributed by atoms with Crippen LogP contribution in [0.4, 0.5) is 4.79 Å². The number of amides is 2. The summed E-state index contributed by atoms with van der Waals surface area (Å²) in [6.07, 6.45) is -0.225. The van der Waals surface area contributed by atoms with Crippen LogP contribution in [0.25, 0.3) is 0 Å². The average Bonchev–Trinajstić information content (AvgIpc) is 2.65. The van der Waals surface area contributed by atoms with E-state index in [9.17, 15) is 9.59 Å². The first-order chi connectivity index (χ1) is 14.1. The molecule has 0 aliphatic rings. The van der Waals surface area contributed by atoms with Crippen LogP contribution < -0.4 is 10.6 Å². The van der Waals surface area contributed by atoms with Crippen molar-refractivity contribution >= 4 is 12.0 Å². The van der Waals surface area contributed by atoms with E-state index in [0.717, 1.165) is 23.2 Å². The molecule has 6 nitrogen and oxygen atoms in total. The Kier molecular flexibility index (Phi) is 8.42. The second-order valence-electron chi connectivity index (χ2n) is 8.61. The van der Waals surface area contributed by atoms with Crippen LogP contribution in [0.5, 0.6) is 0 Å². The van der Waals surface area contributed by atoms with Crippen LogP contribution in [0.1, 0.15) is 37.5 Å². The Morgan fingerprint density at radius 2 is 1.57 bits per heavy atom. The van der Waals surface area contributed by atoms with Gasteiger partial charge in [-0.25, -0.2) is 4.79 Å². The summed E-state index contributed by atoms with van der Waals surface area (Å²) in [6, 6.07) is 16.9. The molecule has 2 rings (SSSR count). The largest absolute Gasteiger partial charge is 0.444 e. The van der Waals surface area contributed by atoms with Crippen molar-refractivity contribution in [2.45, 2.75) is 51.9 Å². The van der Waals surface area contributed by atoms with Crippen LogP contribution in [-0.4, -0.2) is 42.6 Å². The van der Waals surface area contributed by atoms with E-state index in [4.69, 9.17) is 4.74 Å². The molecule has 0 saturated heterocycles. The second-order valence-corrected chi connectivity index (χ2v) is 8.61. The summed E-state index contributed by atoms with van der Waals surface area (Å²) in [5.74, 6) is -0.246. The Hall–Kier alpha value is -2.86. The van der Waals surface area contributed by atoms with Gasteiger partial charge in [-0.15, -0.1) is 0 Å². The van der Waals surface area contributed by atoms with E-state index < -0.39 is 17.7 Å². The van der Waals surface area contributed by atoms with Gasteiger partial charge < -0.3 is 20.3 Å². The first-order valence-electron chi connectivity index (χ1n) is 10.2. The van der Waals surface area contributed by atoms with Crippen molar-refractivity contribution in [3.8, 4) is 0 Å². The van der Waals surface area contributed by atoms with Gasteiger partial charge >= 0.3 is 6.09 Å². The summed E-state index contributed by atoms with van der Waals surface area (Å²) in [5, 5.41) is 5.70. The molecular formula is C24H33N3O3. The Bertz CT molecular complexity index is 829.